The summed E-state index contributed by atoms with van der Waals surface area (Å²) in [4.78, 5) is 0. The van der Waals surface area contributed by atoms with Gasteiger partial charge in [-0.15, -0.1) is 0 Å². The molecule has 0 amide bonds. The summed E-state index contributed by atoms with van der Waals surface area (Å²) in [5, 5.41) is 7.48. The number of hydrogen-bond acceptors (Lipinski definition) is 4. The van der Waals surface area contributed by atoms with Crippen LogP contribution in [0.1, 0.15) is 19.4 Å². The van der Waals surface area contributed by atoms with Crippen LogP contribution in [-0.2, 0) is 10.0 Å². The first-order valence-corrected chi connectivity index (χ1v) is 7.44. The summed E-state index contributed by atoms with van der Waals surface area (Å²) in [7, 11) is -2.07. The first-order valence-electron chi connectivity index (χ1n) is 5.78. The second-order valence-electron chi connectivity index (χ2n) is 4.57. The van der Waals surface area contributed by atoms with E-state index in [1.54, 1.807) is 18.2 Å². The largest absolute Gasteiger partial charge is 0.495 e. The number of sulfonamides is 1. The first kappa shape index (κ1) is 15.3. The van der Waals surface area contributed by atoms with Gasteiger partial charge in [-0.25, -0.2) is 8.42 Å². The lowest BCUT2D eigenvalue weighted by atomic mass is 10.1. The summed E-state index contributed by atoms with van der Waals surface area (Å²) in [6.07, 6.45) is 0. The van der Waals surface area contributed by atoms with Gasteiger partial charge in [-0.05, 0) is 18.1 Å². The summed E-state index contributed by atoms with van der Waals surface area (Å²) < 4.78 is 31.5. The van der Waals surface area contributed by atoms with E-state index < -0.39 is 10.0 Å². The molecule has 0 aliphatic carbocycles. The van der Waals surface area contributed by atoms with Crippen LogP contribution < -0.4 is 15.2 Å². The Morgan fingerprint density at radius 1 is 1.47 bits per heavy atom. The molecule has 0 aliphatic heterocycles. The zero-order valence-corrected chi connectivity index (χ0v) is 12.0. The van der Waals surface area contributed by atoms with Crippen molar-refractivity contribution in [2.24, 2.45) is 11.7 Å². The van der Waals surface area contributed by atoms with E-state index in [1.165, 1.54) is 7.11 Å². The lowest BCUT2D eigenvalue weighted by molar-refractivity contribution is 0.417. The number of nitrogen functional groups attached to an aromatic ring is 1. The summed E-state index contributed by atoms with van der Waals surface area (Å²) in [5.74, 6) is 0.0942. The molecule has 7 heteroatoms. The van der Waals surface area contributed by atoms with E-state index in [0.717, 1.165) is 0 Å². The molecule has 6 nitrogen and oxygen atoms in total. The van der Waals surface area contributed by atoms with Gasteiger partial charge in [-0.2, -0.15) is 0 Å². The lowest BCUT2D eigenvalue weighted by Crippen LogP contribution is -2.23. The van der Waals surface area contributed by atoms with Gasteiger partial charge in [-0.3, -0.25) is 10.1 Å². The van der Waals surface area contributed by atoms with E-state index in [0.29, 0.717) is 11.3 Å². The van der Waals surface area contributed by atoms with Crippen molar-refractivity contribution in [3.8, 4) is 5.75 Å². The van der Waals surface area contributed by atoms with Crippen LogP contribution in [0, 0.1) is 11.3 Å². The van der Waals surface area contributed by atoms with E-state index in [4.69, 9.17) is 15.9 Å². The van der Waals surface area contributed by atoms with Crippen molar-refractivity contribution < 1.29 is 13.2 Å². The predicted molar refractivity (Wildman–Crippen MR) is 76.3 cm³/mol. The minimum Gasteiger partial charge on any atom is -0.495 e. The van der Waals surface area contributed by atoms with Gasteiger partial charge in [0.2, 0.25) is 10.0 Å². The van der Waals surface area contributed by atoms with Gasteiger partial charge in [0, 0.05) is 5.56 Å². The predicted octanol–water partition coefficient (Wildman–Crippen LogP) is 1.38. The highest BCUT2D eigenvalue weighted by molar-refractivity contribution is 7.92. The average molecular weight is 285 g/mol. The Morgan fingerprint density at radius 2 is 2.11 bits per heavy atom. The fraction of sp³-hybridized carbons (Fsp3) is 0.417. The molecular formula is C12H19N3O3S. The third-order valence-corrected chi connectivity index (χ3v) is 3.97. The van der Waals surface area contributed by atoms with E-state index in [-0.39, 0.29) is 23.2 Å². The van der Waals surface area contributed by atoms with Crippen LogP contribution in [0.25, 0.3) is 0 Å². The van der Waals surface area contributed by atoms with Gasteiger partial charge in [0.15, 0.2) is 0 Å². The Labute approximate surface area is 113 Å². The van der Waals surface area contributed by atoms with Crippen LogP contribution in [-0.4, -0.2) is 27.1 Å². The van der Waals surface area contributed by atoms with Crippen LogP contribution in [0.2, 0.25) is 0 Å². The third kappa shape index (κ3) is 4.13. The molecule has 0 saturated carbocycles. The van der Waals surface area contributed by atoms with Gasteiger partial charge >= 0.3 is 0 Å². The van der Waals surface area contributed by atoms with Crippen LogP contribution in [0.15, 0.2) is 18.2 Å². The van der Waals surface area contributed by atoms with Crippen molar-refractivity contribution in [2.75, 3.05) is 17.6 Å². The van der Waals surface area contributed by atoms with Gasteiger partial charge in [0.05, 0.1) is 12.9 Å². The minimum absolute atomic E-state index is 0.00650. The number of benzene rings is 1. The molecule has 0 heterocycles. The fourth-order valence-electron chi connectivity index (χ4n) is 1.67. The fourth-order valence-corrected chi connectivity index (χ4v) is 3.15. The smallest absolute Gasteiger partial charge is 0.233 e. The first-order chi connectivity index (χ1) is 8.76. The Kier molecular flexibility index (Phi) is 4.77. The maximum absolute atomic E-state index is 12.0. The second kappa shape index (κ2) is 5.92. The molecule has 1 rings (SSSR count). The molecule has 4 N–H and O–H groups in total. The number of methoxy groups -OCH3 is 1. The number of hydrogen-bond donors (Lipinski definition) is 3. The molecule has 0 atom stereocenters. The minimum atomic E-state index is -3.50. The molecular weight excluding hydrogens is 266 g/mol. The molecule has 106 valence electrons. The number of rotatable bonds is 6. The van der Waals surface area contributed by atoms with E-state index in [1.807, 2.05) is 13.8 Å². The molecule has 1 aromatic rings. The Bertz CT molecular complexity index is 568. The Morgan fingerprint density at radius 3 is 2.58 bits per heavy atom. The molecule has 1 aromatic carbocycles. The molecule has 0 radical (unpaired) electrons. The van der Waals surface area contributed by atoms with Crippen LogP contribution in [0.5, 0.6) is 5.75 Å². The zero-order valence-electron chi connectivity index (χ0n) is 11.2. The number of anilines is 1. The summed E-state index contributed by atoms with van der Waals surface area (Å²) in [6, 6.07) is 4.83. The van der Waals surface area contributed by atoms with Gasteiger partial charge in [0.1, 0.15) is 17.3 Å². The number of nitrogens with one attached hydrogen (secondary N) is 2. The lowest BCUT2D eigenvalue weighted by Gasteiger charge is -2.16. The van der Waals surface area contributed by atoms with Crippen LogP contribution in [0.4, 0.5) is 5.69 Å². The van der Waals surface area contributed by atoms with Crippen molar-refractivity contribution in [3.63, 3.8) is 0 Å². The molecule has 0 unspecified atom stereocenters. The SMILES string of the molecule is COc1cccc(C(=N)N)c1NS(=O)(=O)CC(C)C. The van der Waals surface area contributed by atoms with E-state index in [9.17, 15) is 8.42 Å². The molecule has 0 spiro atoms. The zero-order chi connectivity index (χ0) is 14.6. The molecule has 0 saturated heterocycles. The van der Waals surface area contributed by atoms with Crippen molar-refractivity contribution in [1.82, 2.24) is 0 Å². The number of nitrogens with two attached hydrogens (primary N) is 1. The topological polar surface area (TPSA) is 105 Å². The van der Waals surface area contributed by atoms with Crippen molar-refractivity contribution in [2.45, 2.75) is 13.8 Å². The normalized spacial score (nSPS) is 11.4. The van der Waals surface area contributed by atoms with E-state index in [2.05, 4.69) is 4.72 Å². The monoisotopic (exact) mass is 285 g/mol. The van der Waals surface area contributed by atoms with Gasteiger partial charge < -0.3 is 10.5 Å². The summed E-state index contributed by atoms with van der Waals surface area (Å²) in [6.45, 7) is 3.63. The van der Waals surface area contributed by atoms with Gasteiger partial charge in [-0.1, -0.05) is 19.9 Å². The maximum Gasteiger partial charge on any atom is 0.233 e. The molecule has 0 bridgehead atoms. The molecule has 0 aliphatic rings. The maximum atomic E-state index is 12.0. The van der Waals surface area contributed by atoms with Crippen molar-refractivity contribution in [1.29, 1.82) is 5.41 Å². The highest BCUT2D eigenvalue weighted by atomic mass is 32.2. The summed E-state index contributed by atoms with van der Waals surface area (Å²) in [5.41, 5.74) is 5.96. The summed E-state index contributed by atoms with van der Waals surface area (Å²) >= 11 is 0. The number of amidine groups is 1. The highest BCUT2D eigenvalue weighted by Gasteiger charge is 2.19. The molecule has 0 aromatic heterocycles. The third-order valence-electron chi connectivity index (χ3n) is 2.35. The molecule has 19 heavy (non-hydrogen) atoms. The average Bonchev–Trinajstić information content (AvgIpc) is 2.26. The van der Waals surface area contributed by atoms with Crippen molar-refractivity contribution >= 4 is 21.5 Å². The van der Waals surface area contributed by atoms with Crippen LogP contribution in [0.3, 0.4) is 0 Å². The molecule has 0 fully saturated rings. The van der Waals surface area contributed by atoms with Crippen molar-refractivity contribution in [3.05, 3.63) is 23.8 Å². The second-order valence-corrected chi connectivity index (χ2v) is 6.34. The Balaban J connectivity index is 3.22. The van der Waals surface area contributed by atoms with Gasteiger partial charge in [0.25, 0.3) is 0 Å². The highest BCUT2D eigenvalue weighted by Crippen LogP contribution is 2.29. The quantitative estimate of drug-likeness (QED) is 0.542. The van der Waals surface area contributed by atoms with E-state index >= 15 is 0 Å². The number of ether oxygens (including phenoxy) is 1. The van der Waals surface area contributed by atoms with Crippen LogP contribution >= 0.6 is 0 Å². The number of para-hydroxylation sites is 1. The standard InChI is InChI=1S/C12H19N3O3S/c1-8(2)7-19(16,17)15-11-9(12(13)14)5-4-6-10(11)18-3/h4-6,8,15H,7H2,1-3H3,(H3,13,14). The Hall–Kier alpha value is -1.76.